The molecule has 0 radical (unpaired) electrons. The van der Waals surface area contributed by atoms with E-state index < -0.39 is 0 Å². The van der Waals surface area contributed by atoms with Crippen molar-refractivity contribution in [3.63, 3.8) is 0 Å². The minimum absolute atomic E-state index is 0.364. The summed E-state index contributed by atoms with van der Waals surface area (Å²) in [5, 5.41) is 12.3. The maximum atomic E-state index is 9.04. The van der Waals surface area contributed by atoms with Crippen LogP contribution < -0.4 is 5.32 Å². The molecule has 1 atom stereocenters. The van der Waals surface area contributed by atoms with Crippen LogP contribution in [-0.4, -0.2) is 36.6 Å². The third-order valence-corrected chi connectivity index (χ3v) is 2.64. The summed E-state index contributed by atoms with van der Waals surface area (Å²) in [5.41, 5.74) is -0.364. The fraction of sp³-hybridized carbons (Fsp3) is 0.909. The van der Waals surface area contributed by atoms with E-state index in [1.54, 1.807) is 0 Å². The van der Waals surface area contributed by atoms with Gasteiger partial charge in [-0.1, -0.05) is 20.8 Å². The normalized spacial score (nSPS) is 15.1. The quantitative estimate of drug-likeness (QED) is 0.674. The molecule has 0 rings (SSSR count). The number of hydrogen-bond acceptors (Lipinski definition) is 3. The number of hydrogen-bond donors (Lipinski definition) is 1. The molecule has 0 aromatic heterocycles. The van der Waals surface area contributed by atoms with Gasteiger partial charge in [-0.05, 0) is 33.0 Å². The Balaban J connectivity index is 4.00. The van der Waals surface area contributed by atoms with Crippen LogP contribution in [0.15, 0.2) is 0 Å². The minimum Gasteiger partial charge on any atom is -0.304 e. The van der Waals surface area contributed by atoms with Gasteiger partial charge in [0, 0.05) is 6.54 Å². The van der Waals surface area contributed by atoms with Gasteiger partial charge in [-0.15, -0.1) is 0 Å². The van der Waals surface area contributed by atoms with Gasteiger partial charge in [0.15, 0.2) is 0 Å². The molecule has 0 saturated carbocycles. The van der Waals surface area contributed by atoms with Gasteiger partial charge in [-0.3, -0.25) is 5.32 Å². The van der Waals surface area contributed by atoms with Crippen molar-refractivity contribution < 1.29 is 0 Å². The molecule has 1 N–H and O–H groups in total. The predicted octanol–water partition coefficient (Wildman–Crippen LogP) is 1.61. The topological polar surface area (TPSA) is 39.1 Å². The lowest BCUT2D eigenvalue weighted by Gasteiger charge is -2.26. The molecule has 14 heavy (non-hydrogen) atoms. The van der Waals surface area contributed by atoms with Gasteiger partial charge < -0.3 is 4.90 Å². The fourth-order valence-corrected chi connectivity index (χ4v) is 1.50. The zero-order valence-electron chi connectivity index (χ0n) is 9.93. The van der Waals surface area contributed by atoms with E-state index in [1.807, 2.05) is 13.8 Å². The molecule has 0 aliphatic heterocycles. The second-order valence-electron chi connectivity index (χ2n) is 3.75. The van der Waals surface area contributed by atoms with Crippen LogP contribution in [0.3, 0.4) is 0 Å². The number of rotatable bonds is 7. The minimum atomic E-state index is -0.364. The van der Waals surface area contributed by atoms with E-state index in [9.17, 15) is 0 Å². The average molecular weight is 197 g/mol. The maximum Gasteiger partial charge on any atom is 0.105 e. The molecule has 3 nitrogen and oxygen atoms in total. The molecule has 0 bridgehead atoms. The monoisotopic (exact) mass is 197 g/mol. The second-order valence-corrected chi connectivity index (χ2v) is 3.75. The molecule has 0 saturated heterocycles. The Labute approximate surface area is 88.1 Å². The third-order valence-electron chi connectivity index (χ3n) is 2.64. The van der Waals surface area contributed by atoms with Crippen molar-refractivity contribution in [3.05, 3.63) is 0 Å². The maximum absolute atomic E-state index is 9.04. The van der Waals surface area contributed by atoms with Gasteiger partial charge >= 0.3 is 0 Å². The number of nitrogens with zero attached hydrogens (tertiary/aromatic N) is 2. The summed E-state index contributed by atoms with van der Waals surface area (Å²) in [6.07, 6.45) is 0.888. The van der Waals surface area contributed by atoms with E-state index >= 15 is 0 Å². The highest BCUT2D eigenvalue weighted by Crippen LogP contribution is 2.08. The second kappa shape index (κ2) is 6.80. The molecular weight excluding hydrogens is 174 g/mol. The van der Waals surface area contributed by atoms with E-state index in [0.29, 0.717) is 0 Å². The lowest BCUT2D eigenvalue weighted by Crippen LogP contribution is -2.43. The first kappa shape index (κ1) is 13.4. The van der Waals surface area contributed by atoms with E-state index in [-0.39, 0.29) is 5.54 Å². The highest BCUT2D eigenvalue weighted by atomic mass is 15.1. The summed E-state index contributed by atoms with van der Waals surface area (Å²) >= 11 is 0. The fourth-order valence-electron chi connectivity index (χ4n) is 1.50. The molecule has 1 unspecified atom stereocenters. The molecule has 0 amide bonds. The van der Waals surface area contributed by atoms with Crippen molar-refractivity contribution in [1.29, 1.82) is 5.26 Å². The molecule has 0 aromatic rings. The van der Waals surface area contributed by atoms with Crippen LogP contribution in [0, 0.1) is 11.3 Å². The molecule has 82 valence electrons. The Morgan fingerprint density at radius 1 is 1.29 bits per heavy atom. The van der Waals surface area contributed by atoms with Gasteiger partial charge in [0.25, 0.3) is 0 Å². The number of nitriles is 1. The summed E-state index contributed by atoms with van der Waals surface area (Å²) in [7, 11) is 0. The lowest BCUT2D eigenvalue weighted by atomic mass is 9.99. The van der Waals surface area contributed by atoms with Crippen LogP contribution in [-0.2, 0) is 0 Å². The summed E-state index contributed by atoms with van der Waals surface area (Å²) in [6.45, 7) is 12.3. The first-order chi connectivity index (χ1) is 6.61. The van der Waals surface area contributed by atoms with E-state index in [0.717, 1.165) is 32.6 Å². The van der Waals surface area contributed by atoms with Crippen molar-refractivity contribution in [1.82, 2.24) is 10.2 Å². The Morgan fingerprint density at radius 3 is 2.21 bits per heavy atom. The summed E-state index contributed by atoms with van der Waals surface area (Å²) in [5.74, 6) is 0. The summed E-state index contributed by atoms with van der Waals surface area (Å²) in [4.78, 5) is 2.34. The largest absolute Gasteiger partial charge is 0.304 e. The van der Waals surface area contributed by atoms with Crippen LogP contribution in [0.1, 0.15) is 34.1 Å². The predicted molar refractivity (Wildman–Crippen MR) is 60.1 cm³/mol. The molecule has 0 heterocycles. The molecule has 3 heteroatoms. The van der Waals surface area contributed by atoms with Crippen molar-refractivity contribution in [2.24, 2.45) is 0 Å². The van der Waals surface area contributed by atoms with Gasteiger partial charge in [-0.2, -0.15) is 5.26 Å². The first-order valence-corrected chi connectivity index (χ1v) is 5.50. The van der Waals surface area contributed by atoms with Crippen LogP contribution in [0.5, 0.6) is 0 Å². The molecule has 0 aromatic carbocycles. The lowest BCUT2D eigenvalue weighted by molar-refractivity contribution is 0.267. The van der Waals surface area contributed by atoms with Crippen LogP contribution in [0.4, 0.5) is 0 Å². The Bertz CT molecular complexity index is 181. The van der Waals surface area contributed by atoms with Crippen LogP contribution >= 0.6 is 0 Å². The van der Waals surface area contributed by atoms with E-state index in [1.165, 1.54) is 0 Å². The van der Waals surface area contributed by atoms with Crippen molar-refractivity contribution in [2.75, 3.05) is 26.2 Å². The Kier molecular flexibility index (Phi) is 6.52. The first-order valence-electron chi connectivity index (χ1n) is 5.50. The smallest absolute Gasteiger partial charge is 0.105 e. The average Bonchev–Trinajstić information content (AvgIpc) is 2.20. The highest BCUT2D eigenvalue weighted by Gasteiger charge is 2.22. The molecule has 0 spiro atoms. The Hall–Kier alpha value is -0.590. The highest BCUT2D eigenvalue weighted by molar-refractivity contribution is 5.03. The third kappa shape index (κ3) is 4.59. The Morgan fingerprint density at radius 2 is 1.86 bits per heavy atom. The molecule has 0 fully saturated rings. The van der Waals surface area contributed by atoms with Gasteiger partial charge in [0.1, 0.15) is 5.54 Å². The number of nitrogens with one attached hydrogen (secondary N) is 1. The SMILES string of the molecule is CCNC(C)(C#N)CCN(CC)CC. The van der Waals surface area contributed by atoms with Crippen LogP contribution in [0.25, 0.3) is 0 Å². The van der Waals surface area contributed by atoms with Crippen LogP contribution in [0.2, 0.25) is 0 Å². The van der Waals surface area contributed by atoms with E-state index in [2.05, 4.69) is 30.1 Å². The zero-order valence-corrected chi connectivity index (χ0v) is 9.93. The van der Waals surface area contributed by atoms with Gasteiger partial charge in [-0.25, -0.2) is 0 Å². The van der Waals surface area contributed by atoms with Crippen molar-refractivity contribution in [2.45, 2.75) is 39.7 Å². The summed E-state index contributed by atoms with van der Waals surface area (Å²) < 4.78 is 0. The standard InChI is InChI=1S/C11H23N3/c1-5-13-11(4,10-12)8-9-14(6-2)7-3/h13H,5-9H2,1-4H3. The summed E-state index contributed by atoms with van der Waals surface area (Å²) in [6, 6.07) is 2.35. The molecule has 0 aliphatic rings. The zero-order chi connectivity index (χ0) is 11.0. The molecule has 0 aliphatic carbocycles. The van der Waals surface area contributed by atoms with E-state index in [4.69, 9.17) is 5.26 Å². The van der Waals surface area contributed by atoms with Crippen molar-refractivity contribution in [3.8, 4) is 6.07 Å². The van der Waals surface area contributed by atoms with Gasteiger partial charge in [0.05, 0.1) is 6.07 Å². The van der Waals surface area contributed by atoms with Crippen molar-refractivity contribution >= 4 is 0 Å². The van der Waals surface area contributed by atoms with Gasteiger partial charge in [0.2, 0.25) is 0 Å². The molecular formula is C11H23N3.